The van der Waals surface area contributed by atoms with Crippen molar-refractivity contribution in [3.05, 3.63) is 71.3 Å². The molecule has 0 heterocycles. The molecule has 0 spiro atoms. The first kappa shape index (κ1) is 14.3. The first-order chi connectivity index (χ1) is 10.0. The number of hydrogen-bond acceptors (Lipinski definition) is 2. The van der Waals surface area contributed by atoms with E-state index in [1.165, 1.54) is 16.7 Å². The molecule has 0 aromatic heterocycles. The average molecular weight is 281 g/mol. The summed E-state index contributed by atoms with van der Waals surface area (Å²) >= 11 is 0. The Hall–Kier alpha value is -1.64. The van der Waals surface area contributed by atoms with E-state index in [2.05, 4.69) is 74.3 Å². The van der Waals surface area contributed by atoms with E-state index in [1.807, 2.05) is 6.07 Å². The van der Waals surface area contributed by atoms with Crippen LogP contribution in [-0.2, 0) is 12.0 Å². The average Bonchev–Trinajstić information content (AvgIpc) is 2.68. The quantitative estimate of drug-likeness (QED) is 0.930. The third kappa shape index (κ3) is 2.39. The van der Waals surface area contributed by atoms with Crippen molar-refractivity contribution in [3.8, 4) is 0 Å². The van der Waals surface area contributed by atoms with Gasteiger partial charge in [0.2, 0.25) is 0 Å². The Morgan fingerprint density at radius 2 is 1.62 bits per heavy atom. The first-order valence-electron chi connectivity index (χ1n) is 7.53. The van der Waals surface area contributed by atoms with E-state index in [1.54, 1.807) is 0 Å². The summed E-state index contributed by atoms with van der Waals surface area (Å²) in [5, 5.41) is 10.8. The molecule has 3 rings (SSSR count). The monoisotopic (exact) mass is 281 g/mol. The molecule has 110 valence electrons. The van der Waals surface area contributed by atoms with Gasteiger partial charge in [-0.1, -0.05) is 68.4 Å². The maximum absolute atomic E-state index is 10.8. The molecule has 0 amide bonds. The van der Waals surface area contributed by atoms with Gasteiger partial charge in [0.05, 0.1) is 12.1 Å². The predicted molar refractivity (Wildman–Crippen MR) is 86.1 cm³/mol. The molecule has 2 aromatic rings. The highest BCUT2D eigenvalue weighted by Gasteiger charge is 2.46. The molecule has 2 aromatic carbocycles. The van der Waals surface area contributed by atoms with Crippen molar-refractivity contribution in [3.63, 3.8) is 0 Å². The molecule has 0 bridgehead atoms. The fourth-order valence-electron chi connectivity index (χ4n) is 3.51. The second-order valence-electron chi connectivity index (χ2n) is 6.60. The molecular formula is C19H23NO. The van der Waals surface area contributed by atoms with Crippen LogP contribution >= 0.6 is 0 Å². The predicted octanol–water partition coefficient (Wildman–Crippen LogP) is 3.51. The molecule has 1 aliphatic carbocycles. The smallest absolute Gasteiger partial charge is 0.0828 e. The van der Waals surface area contributed by atoms with E-state index in [9.17, 15) is 5.11 Å². The highest BCUT2D eigenvalue weighted by atomic mass is 16.3. The lowest BCUT2D eigenvalue weighted by molar-refractivity contribution is 0.0285. The van der Waals surface area contributed by atoms with Crippen LogP contribution in [0.4, 0.5) is 0 Å². The second kappa shape index (κ2) is 5.28. The minimum absolute atomic E-state index is 0.0522. The highest BCUT2D eigenvalue weighted by Crippen LogP contribution is 2.47. The lowest BCUT2D eigenvalue weighted by Crippen LogP contribution is -2.38. The van der Waals surface area contributed by atoms with Crippen molar-refractivity contribution in [2.45, 2.75) is 38.0 Å². The maximum atomic E-state index is 10.8. The van der Waals surface area contributed by atoms with Gasteiger partial charge in [-0.05, 0) is 23.7 Å². The van der Waals surface area contributed by atoms with Crippen molar-refractivity contribution in [1.29, 1.82) is 0 Å². The lowest BCUT2D eigenvalue weighted by Gasteiger charge is -2.32. The zero-order chi connectivity index (χ0) is 15.0. The van der Waals surface area contributed by atoms with Gasteiger partial charge in [-0.2, -0.15) is 0 Å². The number of benzene rings is 2. The minimum atomic E-state index is -0.386. The summed E-state index contributed by atoms with van der Waals surface area (Å²) in [6.45, 7) is 5.10. The van der Waals surface area contributed by atoms with Crippen molar-refractivity contribution < 1.29 is 5.11 Å². The third-order valence-electron chi connectivity index (χ3n) is 4.76. The molecule has 1 N–H and O–H groups in total. The normalized spacial score (nSPS) is 23.3. The van der Waals surface area contributed by atoms with Gasteiger partial charge < -0.3 is 5.11 Å². The number of rotatable bonds is 3. The van der Waals surface area contributed by atoms with Crippen molar-refractivity contribution in [1.82, 2.24) is 4.90 Å². The van der Waals surface area contributed by atoms with Gasteiger partial charge in [0.1, 0.15) is 0 Å². The zero-order valence-corrected chi connectivity index (χ0v) is 13.0. The van der Waals surface area contributed by atoms with Crippen LogP contribution in [0.15, 0.2) is 54.6 Å². The summed E-state index contributed by atoms with van der Waals surface area (Å²) < 4.78 is 0. The van der Waals surface area contributed by atoms with Gasteiger partial charge in [0, 0.05) is 12.0 Å². The summed E-state index contributed by atoms with van der Waals surface area (Å²) in [4.78, 5) is 2.26. The van der Waals surface area contributed by atoms with Crippen LogP contribution < -0.4 is 0 Å². The fraction of sp³-hybridized carbons (Fsp3) is 0.368. The van der Waals surface area contributed by atoms with E-state index in [0.29, 0.717) is 0 Å². The van der Waals surface area contributed by atoms with Gasteiger partial charge in [-0.15, -0.1) is 0 Å². The second-order valence-corrected chi connectivity index (χ2v) is 6.60. The van der Waals surface area contributed by atoms with E-state index < -0.39 is 0 Å². The number of fused-ring (bicyclic) bond motifs is 1. The molecule has 0 fully saturated rings. The SMILES string of the molecule is CN(Cc1ccccc1)[C@@H]1c2ccccc2C(C)(C)[C@H]1O. The molecule has 2 heteroatoms. The Morgan fingerprint density at radius 1 is 1.00 bits per heavy atom. The van der Waals surface area contributed by atoms with Crippen LogP contribution in [-0.4, -0.2) is 23.2 Å². The van der Waals surface area contributed by atoms with Crippen molar-refractivity contribution in [2.24, 2.45) is 0 Å². The molecule has 21 heavy (non-hydrogen) atoms. The number of aliphatic hydroxyl groups excluding tert-OH is 1. The molecule has 1 aliphatic rings. The molecule has 2 nitrogen and oxygen atoms in total. The molecule has 0 radical (unpaired) electrons. The highest BCUT2D eigenvalue weighted by molar-refractivity contribution is 5.43. The van der Waals surface area contributed by atoms with E-state index >= 15 is 0 Å². The Labute approximate surface area is 127 Å². The summed E-state index contributed by atoms with van der Waals surface area (Å²) in [7, 11) is 2.10. The standard InChI is InChI=1S/C19H23NO/c1-19(2)16-12-8-7-11-15(16)17(18(19)21)20(3)13-14-9-5-4-6-10-14/h4-12,17-18,21H,13H2,1-3H3/t17-,18+/m1/s1. The van der Waals surface area contributed by atoms with Crippen LogP contribution in [0.25, 0.3) is 0 Å². The van der Waals surface area contributed by atoms with Crippen LogP contribution in [0.3, 0.4) is 0 Å². The first-order valence-corrected chi connectivity index (χ1v) is 7.53. The Kier molecular flexibility index (Phi) is 3.60. The molecule has 0 aliphatic heterocycles. The summed E-state index contributed by atoms with van der Waals surface area (Å²) in [5.41, 5.74) is 3.59. The van der Waals surface area contributed by atoms with Crippen molar-refractivity contribution in [2.75, 3.05) is 7.05 Å². The summed E-state index contributed by atoms with van der Waals surface area (Å²) in [6.07, 6.45) is -0.386. The van der Waals surface area contributed by atoms with Crippen LogP contribution in [0.5, 0.6) is 0 Å². The minimum Gasteiger partial charge on any atom is -0.390 e. The number of hydrogen-bond donors (Lipinski definition) is 1. The zero-order valence-electron chi connectivity index (χ0n) is 13.0. The summed E-state index contributed by atoms with van der Waals surface area (Å²) in [6, 6.07) is 18.9. The van der Waals surface area contributed by atoms with Crippen molar-refractivity contribution >= 4 is 0 Å². The lowest BCUT2D eigenvalue weighted by atomic mass is 9.84. The molecular weight excluding hydrogens is 258 g/mol. The molecule has 0 unspecified atom stereocenters. The molecule has 2 atom stereocenters. The number of likely N-dealkylation sites (N-methyl/N-ethyl adjacent to an activating group) is 1. The summed E-state index contributed by atoms with van der Waals surface area (Å²) in [5.74, 6) is 0. The van der Waals surface area contributed by atoms with E-state index in [4.69, 9.17) is 0 Å². The van der Waals surface area contributed by atoms with Gasteiger partial charge in [-0.25, -0.2) is 0 Å². The molecule has 0 saturated carbocycles. The van der Waals surface area contributed by atoms with E-state index in [0.717, 1.165) is 6.54 Å². The van der Waals surface area contributed by atoms with Crippen LogP contribution in [0.1, 0.15) is 36.6 Å². The van der Waals surface area contributed by atoms with Gasteiger partial charge in [0.25, 0.3) is 0 Å². The van der Waals surface area contributed by atoms with Crippen LogP contribution in [0.2, 0.25) is 0 Å². The number of aliphatic hydroxyl groups is 1. The third-order valence-corrected chi connectivity index (χ3v) is 4.76. The topological polar surface area (TPSA) is 23.5 Å². The molecule has 0 saturated heterocycles. The van der Waals surface area contributed by atoms with Gasteiger partial charge in [0.15, 0.2) is 0 Å². The number of nitrogens with zero attached hydrogens (tertiary/aromatic N) is 1. The van der Waals surface area contributed by atoms with Gasteiger partial charge in [-0.3, -0.25) is 4.90 Å². The Bertz CT molecular complexity index is 620. The fourth-order valence-corrected chi connectivity index (χ4v) is 3.51. The largest absolute Gasteiger partial charge is 0.390 e. The maximum Gasteiger partial charge on any atom is 0.0828 e. The van der Waals surface area contributed by atoms with Crippen LogP contribution in [0, 0.1) is 0 Å². The van der Waals surface area contributed by atoms with Gasteiger partial charge >= 0.3 is 0 Å². The Morgan fingerprint density at radius 3 is 2.33 bits per heavy atom. The Balaban J connectivity index is 1.92. The van der Waals surface area contributed by atoms with E-state index in [-0.39, 0.29) is 17.6 Å².